The van der Waals surface area contributed by atoms with Gasteiger partial charge in [0, 0.05) is 25.6 Å². The number of ketones is 1. The number of nitrogens with two attached hydrogens (primary N) is 3. The van der Waals surface area contributed by atoms with Crippen LogP contribution in [0.25, 0.3) is 0 Å². The number of carbonyl (C=O) groups excluding carboxylic acids is 2. The van der Waals surface area contributed by atoms with Crippen LogP contribution >= 0.6 is 11.3 Å². The van der Waals surface area contributed by atoms with Gasteiger partial charge in [0.05, 0.1) is 16.1 Å². The lowest BCUT2D eigenvalue weighted by molar-refractivity contribution is 0.0991. The van der Waals surface area contributed by atoms with Crippen molar-refractivity contribution in [3.05, 3.63) is 10.4 Å². The third kappa shape index (κ3) is 2.43. The smallest absolute Gasteiger partial charge is 0.253 e. The summed E-state index contributed by atoms with van der Waals surface area (Å²) < 4.78 is 0. The maximum absolute atomic E-state index is 11.8. The van der Waals surface area contributed by atoms with Crippen molar-refractivity contribution in [3.63, 3.8) is 0 Å². The average molecular weight is 282 g/mol. The number of hydrogen-bond donors (Lipinski definition) is 3. The van der Waals surface area contributed by atoms with E-state index in [1.807, 2.05) is 4.90 Å². The molecule has 1 amide bonds. The van der Waals surface area contributed by atoms with E-state index in [9.17, 15) is 9.59 Å². The molecule has 1 aromatic rings. The molecule has 1 aliphatic rings. The van der Waals surface area contributed by atoms with Gasteiger partial charge >= 0.3 is 0 Å². The molecule has 1 fully saturated rings. The molecule has 0 aromatic carbocycles. The molecule has 1 aliphatic heterocycles. The summed E-state index contributed by atoms with van der Waals surface area (Å²) >= 11 is 1.24. The second-order valence-corrected chi connectivity index (χ2v) is 5.66. The van der Waals surface area contributed by atoms with Crippen LogP contribution in [0, 0.1) is 0 Å². The molecule has 7 heteroatoms. The Labute approximate surface area is 115 Å². The third-order valence-electron chi connectivity index (χ3n) is 3.26. The standard InChI is InChI=1S/C12H18N4O2S/c1-2-7(17)10-9(14)8(11(15)18)12(19-10)16-4-3-6(13)5-16/h6H,2-5,13-14H2,1H3,(H2,15,18). The maximum atomic E-state index is 11.8. The second kappa shape index (κ2) is 5.18. The van der Waals surface area contributed by atoms with Gasteiger partial charge in [-0.2, -0.15) is 0 Å². The van der Waals surface area contributed by atoms with Crippen molar-refractivity contribution in [2.24, 2.45) is 11.5 Å². The van der Waals surface area contributed by atoms with E-state index in [4.69, 9.17) is 17.2 Å². The summed E-state index contributed by atoms with van der Waals surface area (Å²) in [5.41, 5.74) is 17.6. The first-order valence-corrected chi connectivity index (χ1v) is 7.03. The lowest BCUT2D eigenvalue weighted by Crippen LogP contribution is -2.27. The molecule has 19 heavy (non-hydrogen) atoms. The van der Waals surface area contributed by atoms with Crippen molar-refractivity contribution in [2.45, 2.75) is 25.8 Å². The van der Waals surface area contributed by atoms with Crippen molar-refractivity contribution in [3.8, 4) is 0 Å². The monoisotopic (exact) mass is 282 g/mol. The number of carbonyl (C=O) groups is 2. The zero-order valence-electron chi connectivity index (χ0n) is 10.8. The summed E-state index contributed by atoms with van der Waals surface area (Å²) in [6.45, 7) is 3.16. The summed E-state index contributed by atoms with van der Waals surface area (Å²) in [5, 5.41) is 0.676. The van der Waals surface area contributed by atoms with E-state index in [1.54, 1.807) is 6.92 Å². The molecule has 0 bridgehead atoms. The maximum Gasteiger partial charge on any atom is 0.253 e. The van der Waals surface area contributed by atoms with Gasteiger partial charge in [-0.05, 0) is 6.42 Å². The van der Waals surface area contributed by atoms with Gasteiger partial charge in [-0.1, -0.05) is 6.92 Å². The van der Waals surface area contributed by atoms with Crippen LogP contribution in [0.2, 0.25) is 0 Å². The Balaban J connectivity index is 2.47. The van der Waals surface area contributed by atoms with Gasteiger partial charge in [0.1, 0.15) is 5.00 Å². The first kappa shape index (κ1) is 13.8. The summed E-state index contributed by atoms with van der Waals surface area (Å²) in [6.07, 6.45) is 1.20. The van der Waals surface area contributed by atoms with Gasteiger partial charge in [0.25, 0.3) is 5.91 Å². The number of hydrogen-bond acceptors (Lipinski definition) is 6. The molecule has 1 unspecified atom stereocenters. The lowest BCUT2D eigenvalue weighted by Gasteiger charge is -2.16. The molecular formula is C12H18N4O2S. The highest BCUT2D eigenvalue weighted by atomic mass is 32.1. The number of anilines is 2. The zero-order valence-corrected chi connectivity index (χ0v) is 11.6. The van der Waals surface area contributed by atoms with Gasteiger partial charge in [0.15, 0.2) is 5.78 Å². The van der Waals surface area contributed by atoms with Crippen LogP contribution in [0.15, 0.2) is 0 Å². The van der Waals surface area contributed by atoms with E-state index in [0.29, 0.717) is 22.8 Å². The van der Waals surface area contributed by atoms with Gasteiger partial charge in [-0.25, -0.2) is 0 Å². The molecule has 0 radical (unpaired) electrons. The largest absolute Gasteiger partial charge is 0.397 e. The quantitative estimate of drug-likeness (QED) is 0.698. The Morgan fingerprint density at radius 2 is 2.16 bits per heavy atom. The summed E-state index contributed by atoms with van der Waals surface area (Å²) in [6, 6.07) is 0.0781. The Morgan fingerprint density at radius 1 is 1.47 bits per heavy atom. The molecule has 104 valence electrons. The van der Waals surface area contributed by atoms with Crippen LogP contribution in [0.4, 0.5) is 10.7 Å². The minimum Gasteiger partial charge on any atom is -0.397 e. The summed E-state index contributed by atoms with van der Waals surface area (Å²) in [7, 11) is 0. The van der Waals surface area contributed by atoms with Crippen LogP contribution in [0.3, 0.4) is 0 Å². The number of nitrogen functional groups attached to an aromatic ring is 1. The summed E-state index contributed by atoms with van der Waals surface area (Å²) in [5.74, 6) is -0.667. The molecule has 6 nitrogen and oxygen atoms in total. The molecule has 1 aromatic heterocycles. The van der Waals surface area contributed by atoms with Gasteiger partial charge in [-0.3, -0.25) is 9.59 Å². The molecule has 0 saturated carbocycles. The number of primary amides is 1. The first-order valence-electron chi connectivity index (χ1n) is 6.21. The third-order valence-corrected chi connectivity index (χ3v) is 4.57. The van der Waals surface area contributed by atoms with Gasteiger partial charge in [0.2, 0.25) is 0 Å². The van der Waals surface area contributed by atoms with Crippen molar-refractivity contribution in [1.82, 2.24) is 0 Å². The minimum absolute atomic E-state index is 0.0697. The minimum atomic E-state index is -0.598. The average Bonchev–Trinajstić information content (AvgIpc) is 2.92. The fourth-order valence-corrected chi connectivity index (χ4v) is 3.50. The number of rotatable bonds is 4. The molecule has 0 spiro atoms. The predicted molar refractivity (Wildman–Crippen MR) is 76.7 cm³/mol. The molecule has 1 saturated heterocycles. The van der Waals surface area contributed by atoms with Crippen LogP contribution in [-0.4, -0.2) is 30.8 Å². The molecule has 0 aliphatic carbocycles. The molecule has 6 N–H and O–H groups in total. The highest BCUT2D eigenvalue weighted by Crippen LogP contribution is 2.39. The van der Waals surface area contributed by atoms with Crippen molar-refractivity contribution >= 4 is 33.7 Å². The fraction of sp³-hybridized carbons (Fsp3) is 0.500. The topological polar surface area (TPSA) is 115 Å². The molecule has 2 rings (SSSR count). The molecule has 1 atom stereocenters. The lowest BCUT2D eigenvalue weighted by atomic mass is 10.1. The highest BCUT2D eigenvalue weighted by Gasteiger charge is 2.29. The Bertz CT molecular complexity index is 526. The first-order chi connectivity index (χ1) is 8.95. The van der Waals surface area contributed by atoms with Gasteiger partial charge < -0.3 is 22.1 Å². The molecule has 2 heterocycles. The normalized spacial score (nSPS) is 18.8. The van der Waals surface area contributed by atoms with E-state index in [2.05, 4.69) is 0 Å². The van der Waals surface area contributed by atoms with Crippen molar-refractivity contribution < 1.29 is 9.59 Å². The Morgan fingerprint density at radius 3 is 2.63 bits per heavy atom. The molecular weight excluding hydrogens is 264 g/mol. The van der Waals surface area contributed by atoms with E-state index >= 15 is 0 Å². The zero-order chi connectivity index (χ0) is 14.2. The number of thiophene rings is 1. The number of amides is 1. The predicted octanol–water partition coefficient (Wildman–Crippen LogP) is 0.559. The van der Waals surface area contributed by atoms with E-state index in [0.717, 1.165) is 13.0 Å². The van der Waals surface area contributed by atoms with Crippen LogP contribution in [0.5, 0.6) is 0 Å². The van der Waals surface area contributed by atoms with Crippen LogP contribution in [0.1, 0.15) is 39.8 Å². The van der Waals surface area contributed by atoms with Crippen LogP contribution in [-0.2, 0) is 0 Å². The van der Waals surface area contributed by atoms with Crippen LogP contribution < -0.4 is 22.1 Å². The Hall–Kier alpha value is -1.60. The fourth-order valence-electron chi connectivity index (χ4n) is 2.23. The SMILES string of the molecule is CCC(=O)c1sc(N2CCC(N)C2)c(C(N)=O)c1N. The number of Topliss-reactive ketones (excluding diaryl/α,β-unsaturated/α-hetero) is 1. The van der Waals surface area contributed by atoms with Crippen molar-refractivity contribution in [2.75, 3.05) is 23.7 Å². The highest BCUT2D eigenvalue weighted by molar-refractivity contribution is 7.19. The van der Waals surface area contributed by atoms with E-state index < -0.39 is 5.91 Å². The van der Waals surface area contributed by atoms with E-state index in [1.165, 1.54) is 11.3 Å². The van der Waals surface area contributed by atoms with E-state index in [-0.39, 0.29) is 23.1 Å². The number of nitrogens with zero attached hydrogens (tertiary/aromatic N) is 1. The second-order valence-electron chi connectivity index (χ2n) is 4.66. The van der Waals surface area contributed by atoms with Crippen molar-refractivity contribution in [1.29, 1.82) is 0 Å². The van der Waals surface area contributed by atoms with Gasteiger partial charge in [-0.15, -0.1) is 11.3 Å². The Kier molecular flexibility index (Phi) is 3.77. The summed E-state index contributed by atoms with van der Waals surface area (Å²) in [4.78, 5) is 25.8.